The molecule has 0 unspecified atom stereocenters. The minimum atomic E-state index is 0.914. The molecule has 2 aromatic rings. The van der Waals surface area contributed by atoms with E-state index in [0.29, 0.717) is 0 Å². The predicted molar refractivity (Wildman–Crippen MR) is 75.4 cm³/mol. The number of imidazole rings is 1. The van der Waals surface area contributed by atoms with Crippen molar-refractivity contribution < 1.29 is 0 Å². The first-order chi connectivity index (χ1) is 8.31. The Kier molecular flexibility index (Phi) is 4.72. The molecule has 0 aliphatic carbocycles. The van der Waals surface area contributed by atoms with Crippen LogP contribution in [0.2, 0.25) is 0 Å². The Balaban J connectivity index is 2.12. The van der Waals surface area contributed by atoms with E-state index in [-0.39, 0.29) is 0 Å². The second kappa shape index (κ2) is 6.29. The summed E-state index contributed by atoms with van der Waals surface area (Å²) in [4.78, 5) is 0. The fourth-order valence-corrected chi connectivity index (χ4v) is 2.49. The Morgan fingerprint density at radius 1 is 1.06 bits per heavy atom. The van der Waals surface area contributed by atoms with Gasteiger partial charge in [-0.1, -0.05) is 0 Å². The van der Waals surface area contributed by atoms with Crippen LogP contribution in [0.15, 0.2) is 42.7 Å². The summed E-state index contributed by atoms with van der Waals surface area (Å²) in [7, 11) is 0. The van der Waals surface area contributed by atoms with Crippen LogP contribution >= 0.6 is 12.6 Å². The molecule has 0 saturated heterocycles. The molecule has 0 bridgehead atoms. The van der Waals surface area contributed by atoms with Crippen molar-refractivity contribution >= 4 is 28.2 Å². The summed E-state index contributed by atoms with van der Waals surface area (Å²) in [5.74, 6) is 0.927. The van der Waals surface area contributed by atoms with Crippen molar-refractivity contribution in [3.05, 3.63) is 52.6 Å². The molecule has 0 saturated carbocycles. The van der Waals surface area contributed by atoms with E-state index in [9.17, 15) is 0 Å². The molecule has 0 atom stereocenters. The zero-order valence-corrected chi connectivity index (χ0v) is 12.2. The van der Waals surface area contributed by atoms with Crippen LogP contribution in [0, 0.1) is 4.32 Å². The summed E-state index contributed by atoms with van der Waals surface area (Å²) in [6, 6.07) is 10.5. The van der Waals surface area contributed by atoms with E-state index in [4.69, 9.17) is 0 Å². The van der Waals surface area contributed by atoms with Crippen molar-refractivity contribution in [3.8, 4) is 0 Å². The van der Waals surface area contributed by atoms with Gasteiger partial charge < -0.3 is 0 Å². The summed E-state index contributed by atoms with van der Waals surface area (Å²) in [6.45, 7) is 1.94. The number of aromatic nitrogens is 2. The number of nitrogens with zero attached hydrogens (tertiary/aromatic N) is 2. The quantitative estimate of drug-likeness (QED) is 0.642. The minimum absolute atomic E-state index is 0.914. The van der Waals surface area contributed by atoms with Crippen molar-refractivity contribution in [1.29, 1.82) is 0 Å². The molecule has 0 radical (unpaired) electrons. The molecule has 0 fully saturated rings. The second-order valence-electron chi connectivity index (χ2n) is 3.96. The molecule has 1 aromatic heterocycles. The topological polar surface area (TPSA) is 9.86 Å². The fraction of sp³-hybridized carbons (Fsp3) is 0.308. The standard InChI is InChI=1S/C13H16N2SSe/c16-10-4-7-14-8-9-15(13(14)17)11-12-5-2-1-3-6-12/h1-3,5-6,8-9,16H,4,7,10-11H2. The summed E-state index contributed by atoms with van der Waals surface area (Å²) in [6.07, 6.45) is 5.34. The fourth-order valence-electron chi connectivity index (χ4n) is 1.77. The van der Waals surface area contributed by atoms with Crippen LogP contribution in [0.5, 0.6) is 0 Å². The van der Waals surface area contributed by atoms with Gasteiger partial charge in [0.25, 0.3) is 0 Å². The normalized spacial score (nSPS) is 10.6. The van der Waals surface area contributed by atoms with E-state index in [1.54, 1.807) is 0 Å². The van der Waals surface area contributed by atoms with Gasteiger partial charge in [0.05, 0.1) is 0 Å². The Morgan fingerprint density at radius 2 is 1.76 bits per heavy atom. The molecule has 0 spiro atoms. The van der Waals surface area contributed by atoms with Gasteiger partial charge in [0, 0.05) is 0 Å². The van der Waals surface area contributed by atoms with Gasteiger partial charge in [0.15, 0.2) is 0 Å². The Hall–Kier alpha value is -0.701. The van der Waals surface area contributed by atoms with Gasteiger partial charge in [-0.2, -0.15) is 0 Å². The molecule has 0 aliphatic rings. The summed E-state index contributed by atoms with van der Waals surface area (Å²) < 4.78 is 5.64. The first kappa shape index (κ1) is 12.7. The number of hydrogen-bond acceptors (Lipinski definition) is 1. The first-order valence-corrected chi connectivity index (χ1v) is 7.20. The molecule has 90 valence electrons. The molecule has 0 N–H and O–H groups in total. The average Bonchev–Trinajstić information content (AvgIpc) is 2.70. The SMILES string of the molecule is SCCCn1ccn(Cc2ccccc2)c1=[Se]. The number of hydrogen-bond donors (Lipinski definition) is 1. The average molecular weight is 311 g/mol. The third-order valence-corrected chi connectivity index (χ3v) is 3.97. The maximum absolute atomic E-state index is 4.24. The third-order valence-electron chi connectivity index (χ3n) is 2.67. The van der Waals surface area contributed by atoms with Gasteiger partial charge in [0.2, 0.25) is 0 Å². The van der Waals surface area contributed by atoms with Crippen LogP contribution in [0.4, 0.5) is 0 Å². The Labute approximate surface area is 115 Å². The molecule has 2 rings (SSSR count). The van der Waals surface area contributed by atoms with Crippen LogP contribution in [0.25, 0.3) is 0 Å². The van der Waals surface area contributed by atoms with Gasteiger partial charge in [0.1, 0.15) is 0 Å². The van der Waals surface area contributed by atoms with Crippen LogP contribution in [-0.4, -0.2) is 30.5 Å². The summed E-state index contributed by atoms with van der Waals surface area (Å²) in [5, 5.41) is 0. The van der Waals surface area contributed by atoms with E-state index in [2.05, 4.69) is 74.0 Å². The van der Waals surface area contributed by atoms with Crippen LogP contribution in [0.1, 0.15) is 12.0 Å². The van der Waals surface area contributed by atoms with Gasteiger partial charge in [-0.05, 0) is 0 Å². The molecular weight excluding hydrogens is 295 g/mol. The van der Waals surface area contributed by atoms with Crippen molar-refractivity contribution in [2.75, 3.05) is 5.75 Å². The van der Waals surface area contributed by atoms with E-state index >= 15 is 0 Å². The predicted octanol–water partition coefficient (Wildman–Crippen LogP) is 2.36. The second-order valence-corrected chi connectivity index (χ2v) is 5.18. The Morgan fingerprint density at radius 3 is 2.47 bits per heavy atom. The maximum atomic E-state index is 4.24. The van der Waals surface area contributed by atoms with Gasteiger partial charge in [-0.15, -0.1) is 0 Å². The van der Waals surface area contributed by atoms with E-state index < -0.39 is 0 Å². The van der Waals surface area contributed by atoms with Gasteiger partial charge in [-0.3, -0.25) is 0 Å². The molecule has 1 aromatic carbocycles. The number of thiol groups is 1. The van der Waals surface area contributed by atoms with Gasteiger partial charge >= 0.3 is 115 Å². The van der Waals surface area contributed by atoms with Gasteiger partial charge in [-0.25, -0.2) is 0 Å². The monoisotopic (exact) mass is 312 g/mol. The zero-order chi connectivity index (χ0) is 12.1. The van der Waals surface area contributed by atoms with Crippen LogP contribution < -0.4 is 0 Å². The van der Waals surface area contributed by atoms with Crippen molar-refractivity contribution in [1.82, 2.24) is 9.13 Å². The van der Waals surface area contributed by atoms with E-state index in [1.165, 1.54) is 9.89 Å². The van der Waals surface area contributed by atoms with Crippen LogP contribution in [0.3, 0.4) is 0 Å². The number of rotatable bonds is 5. The molecule has 1 heterocycles. The van der Waals surface area contributed by atoms with E-state index in [1.807, 2.05) is 6.07 Å². The van der Waals surface area contributed by atoms with Crippen molar-refractivity contribution in [2.24, 2.45) is 0 Å². The number of aryl methyl sites for hydroxylation is 1. The summed E-state index contributed by atoms with van der Waals surface area (Å²) >= 11 is 7.39. The molecule has 2 nitrogen and oxygen atoms in total. The van der Waals surface area contributed by atoms with Crippen molar-refractivity contribution in [3.63, 3.8) is 0 Å². The number of benzene rings is 1. The van der Waals surface area contributed by atoms with Crippen molar-refractivity contribution in [2.45, 2.75) is 19.5 Å². The van der Waals surface area contributed by atoms with E-state index in [0.717, 1.165) is 25.3 Å². The summed E-state index contributed by atoms with van der Waals surface area (Å²) in [5.41, 5.74) is 1.32. The molecule has 4 heteroatoms. The molecule has 17 heavy (non-hydrogen) atoms. The van der Waals surface area contributed by atoms with Crippen LogP contribution in [-0.2, 0) is 13.1 Å². The molecule has 0 amide bonds. The molecule has 0 aliphatic heterocycles. The molecular formula is C13H16N2SSe. The zero-order valence-electron chi connectivity index (χ0n) is 9.62. The Bertz CT molecular complexity index is 516. The third kappa shape index (κ3) is 3.38. The first-order valence-electron chi connectivity index (χ1n) is 5.71.